The van der Waals surface area contributed by atoms with E-state index in [4.69, 9.17) is 5.11 Å². The molecule has 1 aliphatic heterocycles. The second-order valence-corrected chi connectivity index (χ2v) is 9.14. The first-order valence-electron chi connectivity index (χ1n) is 11.0. The monoisotopic (exact) mass is 444 g/mol. The molecule has 1 aliphatic carbocycles. The Morgan fingerprint density at radius 1 is 1.15 bits per heavy atom. The highest BCUT2D eigenvalue weighted by Crippen LogP contribution is 2.41. The highest BCUT2D eigenvalue weighted by molar-refractivity contribution is 6.40. The van der Waals surface area contributed by atoms with E-state index in [0.717, 1.165) is 17.1 Å². The Bertz CT molecular complexity index is 1230. The van der Waals surface area contributed by atoms with Crippen LogP contribution >= 0.6 is 0 Å². The van der Waals surface area contributed by atoms with Crippen LogP contribution < -0.4 is 10.0 Å². The molecule has 0 bridgehead atoms. The molecule has 1 heterocycles. The van der Waals surface area contributed by atoms with Crippen molar-refractivity contribution in [3.05, 3.63) is 77.1 Å². The van der Waals surface area contributed by atoms with Crippen molar-refractivity contribution >= 4 is 34.4 Å². The van der Waals surface area contributed by atoms with Crippen LogP contribution in [0.15, 0.2) is 65.9 Å². The van der Waals surface area contributed by atoms with Gasteiger partial charge in [-0.05, 0) is 38.0 Å². The van der Waals surface area contributed by atoms with Crippen LogP contribution in [0.1, 0.15) is 37.8 Å². The number of carbonyl (C=O) groups is 2. The van der Waals surface area contributed by atoms with Gasteiger partial charge in [-0.15, -0.1) is 0 Å². The van der Waals surface area contributed by atoms with Gasteiger partial charge >= 0.3 is 5.97 Å². The molecule has 0 atom stereocenters. The molecule has 0 aromatic heterocycles. The molecular weight excluding hydrogens is 416 g/mol. The number of fused-ring (bicyclic) bond motifs is 1. The number of aliphatic carboxylic acids is 1. The number of hydrogen-bond acceptors (Lipinski definition) is 4. The van der Waals surface area contributed by atoms with Crippen molar-refractivity contribution in [2.75, 3.05) is 25.5 Å². The summed E-state index contributed by atoms with van der Waals surface area (Å²) in [6, 6.07) is 15.4. The quantitative estimate of drug-likeness (QED) is 0.523. The Kier molecular flexibility index (Phi) is 5.70. The molecule has 2 aliphatic rings. The molecule has 0 saturated carbocycles. The van der Waals surface area contributed by atoms with Gasteiger partial charge in [0.15, 0.2) is 11.5 Å². The topological polar surface area (TPSA) is 83.7 Å². The minimum atomic E-state index is -0.810. The van der Waals surface area contributed by atoms with Crippen LogP contribution in [-0.4, -0.2) is 47.8 Å². The second-order valence-electron chi connectivity index (χ2n) is 9.14. The van der Waals surface area contributed by atoms with Gasteiger partial charge in [-0.1, -0.05) is 36.1 Å². The number of hydrogen-bond donors (Lipinski definition) is 1. The zero-order valence-electron chi connectivity index (χ0n) is 19.4. The van der Waals surface area contributed by atoms with Crippen LogP contribution in [-0.2, 0) is 15.0 Å². The number of para-hydroxylation sites is 1. The first kappa shape index (κ1) is 22.5. The number of carbonyl (C=O) groups excluding carboxylic acids is 1. The molecule has 0 unspecified atom stereocenters. The van der Waals surface area contributed by atoms with E-state index in [0.29, 0.717) is 18.5 Å². The first-order chi connectivity index (χ1) is 15.6. The van der Waals surface area contributed by atoms with E-state index in [9.17, 15) is 14.7 Å². The Balaban J connectivity index is 1.56. The smallest absolute Gasteiger partial charge is 0.303 e. The maximum Gasteiger partial charge on any atom is 0.303 e. The van der Waals surface area contributed by atoms with E-state index in [1.54, 1.807) is 18.2 Å². The fraction of sp³-hybridized carbons (Fsp3) is 0.296. The van der Waals surface area contributed by atoms with Crippen LogP contribution in [0.5, 0.6) is 0 Å². The Morgan fingerprint density at radius 3 is 2.42 bits per heavy atom. The van der Waals surface area contributed by atoms with Crippen LogP contribution in [0.25, 0.3) is 5.57 Å². The number of carboxylic acids is 1. The normalized spacial score (nSPS) is 17.9. The molecule has 6 nitrogen and oxygen atoms in total. The van der Waals surface area contributed by atoms with E-state index in [2.05, 4.69) is 24.5 Å². The predicted molar refractivity (Wildman–Crippen MR) is 127 cm³/mol. The third-order valence-corrected chi connectivity index (χ3v) is 6.65. The number of carboxylic acid groups (broad SMARTS) is 1. The highest BCUT2D eigenvalue weighted by atomic mass is 16.4. The van der Waals surface area contributed by atoms with Gasteiger partial charge < -0.3 is 15.1 Å². The van der Waals surface area contributed by atoms with Crippen LogP contribution in [0, 0.1) is 0 Å². The number of ketones is 1. The summed E-state index contributed by atoms with van der Waals surface area (Å²) in [5.41, 5.74) is 4.84. The third kappa shape index (κ3) is 3.86. The van der Waals surface area contributed by atoms with Gasteiger partial charge in [-0.2, -0.15) is 4.58 Å². The number of rotatable bonds is 7. The predicted octanol–water partition coefficient (Wildman–Crippen LogP) is 3.27. The summed E-state index contributed by atoms with van der Waals surface area (Å²) in [6.07, 6.45) is 2.41. The lowest BCUT2D eigenvalue weighted by molar-refractivity contribution is -0.401. The SMILES string of the molecule is CN(CCCC(=O)O)c1ccc(C2=C([O-])C(=CC3=[N+](C)c4ccccc4C3(C)C)C2=O)cc1. The average molecular weight is 445 g/mol. The van der Waals surface area contributed by atoms with Gasteiger partial charge in [-0.25, -0.2) is 0 Å². The Hall–Kier alpha value is -3.67. The van der Waals surface area contributed by atoms with E-state index < -0.39 is 5.97 Å². The van der Waals surface area contributed by atoms with Crippen molar-refractivity contribution < 1.29 is 24.4 Å². The second kappa shape index (κ2) is 8.35. The zero-order chi connectivity index (χ0) is 23.9. The molecule has 0 fully saturated rings. The lowest BCUT2D eigenvalue weighted by Gasteiger charge is -2.31. The molecule has 0 radical (unpaired) electrons. The van der Waals surface area contributed by atoms with Crippen molar-refractivity contribution in [3.8, 4) is 0 Å². The average Bonchev–Trinajstić information content (AvgIpc) is 2.98. The zero-order valence-corrected chi connectivity index (χ0v) is 19.4. The fourth-order valence-electron chi connectivity index (χ4n) is 4.68. The van der Waals surface area contributed by atoms with Crippen molar-refractivity contribution in [2.45, 2.75) is 32.1 Å². The highest BCUT2D eigenvalue weighted by Gasteiger charge is 2.44. The molecule has 2 aromatic rings. The van der Waals surface area contributed by atoms with Crippen LogP contribution in [0.3, 0.4) is 0 Å². The number of nitrogens with zero attached hydrogens (tertiary/aromatic N) is 2. The number of anilines is 1. The number of benzene rings is 2. The van der Waals surface area contributed by atoms with Crippen LogP contribution in [0.4, 0.5) is 11.4 Å². The van der Waals surface area contributed by atoms with Crippen molar-refractivity contribution in [1.82, 2.24) is 0 Å². The molecule has 33 heavy (non-hydrogen) atoms. The number of allylic oxidation sites excluding steroid dienone is 3. The van der Waals surface area contributed by atoms with Crippen molar-refractivity contribution in [1.29, 1.82) is 0 Å². The lowest BCUT2D eigenvalue weighted by atomic mass is 9.77. The molecule has 2 aromatic carbocycles. The fourth-order valence-corrected chi connectivity index (χ4v) is 4.68. The molecule has 170 valence electrons. The van der Waals surface area contributed by atoms with Crippen LogP contribution in [0.2, 0.25) is 0 Å². The van der Waals surface area contributed by atoms with Crippen molar-refractivity contribution in [2.24, 2.45) is 0 Å². The van der Waals surface area contributed by atoms with Crippen molar-refractivity contribution in [3.63, 3.8) is 0 Å². The van der Waals surface area contributed by atoms with Gasteiger partial charge in [0.1, 0.15) is 7.05 Å². The minimum absolute atomic E-state index is 0.120. The summed E-state index contributed by atoms with van der Waals surface area (Å²) in [4.78, 5) is 25.6. The molecule has 0 saturated heterocycles. The molecule has 6 heteroatoms. The lowest BCUT2D eigenvalue weighted by Crippen LogP contribution is -2.33. The Morgan fingerprint density at radius 2 is 1.82 bits per heavy atom. The molecule has 0 spiro atoms. The Labute approximate surface area is 193 Å². The molecule has 0 amide bonds. The minimum Gasteiger partial charge on any atom is -0.871 e. The van der Waals surface area contributed by atoms with E-state index in [-0.39, 0.29) is 34.5 Å². The summed E-state index contributed by atoms with van der Waals surface area (Å²) < 4.78 is 2.05. The molecular formula is C27H28N2O4. The standard InChI is InChI=1S/C27H28N2O4/c1-27(2)20-8-5-6-9-21(20)29(4)22(27)16-19-25(32)24(26(19)33)17-11-13-18(14-12-17)28(3)15-7-10-23(30)31/h5-6,8-9,11-14,16H,7,10,15H2,1-4H3,(H-,30,31,32,33). The van der Waals surface area contributed by atoms with E-state index >= 15 is 0 Å². The summed E-state index contributed by atoms with van der Waals surface area (Å²) in [5.74, 6) is -1.26. The maximum absolute atomic E-state index is 13.0. The summed E-state index contributed by atoms with van der Waals surface area (Å²) in [6.45, 7) is 4.81. The molecule has 1 N–H and O–H groups in total. The summed E-state index contributed by atoms with van der Waals surface area (Å²) in [7, 11) is 3.85. The maximum atomic E-state index is 13.0. The summed E-state index contributed by atoms with van der Waals surface area (Å²) >= 11 is 0. The van der Waals surface area contributed by atoms with Gasteiger partial charge in [0.25, 0.3) is 0 Å². The number of Topliss-reactive ketones (excluding diaryl/α,β-unsaturated/α-hetero) is 1. The van der Waals surface area contributed by atoms with Gasteiger partial charge in [0, 0.05) is 54.6 Å². The van der Waals surface area contributed by atoms with E-state index in [1.165, 1.54) is 5.56 Å². The van der Waals surface area contributed by atoms with E-state index in [1.807, 2.05) is 49.3 Å². The van der Waals surface area contributed by atoms with Gasteiger partial charge in [-0.3, -0.25) is 9.59 Å². The van der Waals surface area contributed by atoms with Gasteiger partial charge in [0.2, 0.25) is 5.69 Å². The van der Waals surface area contributed by atoms with Gasteiger partial charge in [0.05, 0.1) is 5.41 Å². The molecule has 4 rings (SSSR count). The summed E-state index contributed by atoms with van der Waals surface area (Å²) in [5, 5.41) is 21.7. The first-order valence-corrected chi connectivity index (χ1v) is 11.0. The third-order valence-electron chi connectivity index (χ3n) is 6.65. The largest absolute Gasteiger partial charge is 0.871 e.